The molecule has 2 rings (SSSR count). The number of nitrogen functional groups attached to an aromatic ring is 1. The number of aromatic carboxylic acids is 1. The lowest BCUT2D eigenvalue weighted by molar-refractivity contribution is 0.0697. The third-order valence-electron chi connectivity index (χ3n) is 2.57. The van der Waals surface area contributed by atoms with E-state index in [1.165, 1.54) is 31.8 Å². The Morgan fingerprint density at radius 2 is 2.29 bits per heavy atom. The molecule has 21 heavy (non-hydrogen) atoms. The average Bonchev–Trinajstić information content (AvgIpc) is 2.47. The first-order valence-electron chi connectivity index (χ1n) is 5.89. The van der Waals surface area contributed by atoms with E-state index in [1.54, 1.807) is 12.1 Å². The maximum absolute atomic E-state index is 11.0. The van der Waals surface area contributed by atoms with Crippen LogP contribution in [0.2, 0.25) is 0 Å². The van der Waals surface area contributed by atoms with E-state index < -0.39 is 5.97 Å². The number of nitrogens with zero attached hydrogens (tertiary/aromatic N) is 3. The van der Waals surface area contributed by atoms with Crippen molar-refractivity contribution in [2.24, 2.45) is 5.16 Å². The molecule has 0 bridgehead atoms. The van der Waals surface area contributed by atoms with Crippen molar-refractivity contribution in [2.75, 3.05) is 18.2 Å². The minimum absolute atomic E-state index is 0.161. The number of carbonyl (C=O) groups is 1. The molecule has 0 radical (unpaired) electrons. The lowest BCUT2D eigenvalue weighted by Gasteiger charge is -2.09. The maximum Gasteiger partial charge on any atom is 0.335 e. The minimum atomic E-state index is -1.01. The summed E-state index contributed by atoms with van der Waals surface area (Å²) >= 11 is 0. The fraction of sp³-hybridized carbons (Fsp3) is 0.0769. The fourth-order valence-corrected chi connectivity index (χ4v) is 1.61. The molecule has 1 aromatic carbocycles. The molecular formula is C13H13N5O3. The van der Waals surface area contributed by atoms with Crippen LogP contribution in [0.3, 0.4) is 0 Å². The van der Waals surface area contributed by atoms with Gasteiger partial charge in [0.15, 0.2) is 0 Å². The molecule has 108 valence electrons. The molecule has 0 fully saturated rings. The molecule has 0 atom stereocenters. The van der Waals surface area contributed by atoms with Crippen LogP contribution < -0.4 is 11.1 Å². The summed E-state index contributed by atoms with van der Waals surface area (Å²) in [6.45, 7) is 0. The summed E-state index contributed by atoms with van der Waals surface area (Å²) in [6.07, 6.45) is 2.67. The van der Waals surface area contributed by atoms with Crippen molar-refractivity contribution in [3.8, 4) is 0 Å². The topological polar surface area (TPSA) is 123 Å². The molecule has 8 nitrogen and oxygen atoms in total. The summed E-state index contributed by atoms with van der Waals surface area (Å²) in [6, 6.07) is 6.31. The van der Waals surface area contributed by atoms with Crippen molar-refractivity contribution in [1.82, 2.24) is 9.97 Å². The first kappa shape index (κ1) is 14.3. The van der Waals surface area contributed by atoms with Crippen molar-refractivity contribution < 1.29 is 14.7 Å². The second-order valence-electron chi connectivity index (χ2n) is 3.95. The molecular weight excluding hydrogens is 274 g/mol. The van der Waals surface area contributed by atoms with Crippen LogP contribution in [0.15, 0.2) is 35.7 Å². The van der Waals surface area contributed by atoms with E-state index in [9.17, 15) is 4.79 Å². The van der Waals surface area contributed by atoms with E-state index in [2.05, 4.69) is 25.3 Å². The van der Waals surface area contributed by atoms with Gasteiger partial charge < -0.3 is 21.0 Å². The van der Waals surface area contributed by atoms with E-state index in [1.807, 2.05) is 0 Å². The van der Waals surface area contributed by atoms with Crippen molar-refractivity contribution in [3.63, 3.8) is 0 Å². The van der Waals surface area contributed by atoms with Crippen LogP contribution in [0.25, 0.3) is 0 Å². The summed E-state index contributed by atoms with van der Waals surface area (Å²) in [5.41, 5.74) is 6.92. The number of rotatable bonds is 5. The molecule has 1 aromatic heterocycles. The van der Waals surface area contributed by atoms with E-state index in [0.29, 0.717) is 17.1 Å². The molecule has 4 N–H and O–H groups in total. The Morgan fingerprint density at radius 3 is 3.00 bits per heavy atom. The smallest absolute Gasteiger partial charge is 0.335 e. The molecule has 8 heteroatoms. The third-order valence-corrected chi connectivity index (χ3v) is 2.57. The number of carboxylic acids is 1. The fourth-order valence-electron chi connectivity index (χ4n) is 1.61. The van der Waals surface area contributed by atoms with E-state index in [-0.39, 0.29) is 11.4 Å². The van der Waals surface area contributed by atoms with Crippen LogP contribution in [-0.4, -0.2) is 34.4 Å². The number of oxime groups is 1. The lowest BCUT2D eigenvalue weighted by atomic mass is 10.2. The van der Waals surface area contributed by atoms with Gasteiger partial charge >= 0.3 is 5.97 Å². The highest BCUT2D eigenvalue weighted by Gasteiger charge is 2.09. The summed E-state index contributed by atoms with van der Waals surface area (Å²) in [5, 5.41) is 15.6. The number of aromatic nitrogens is 2. The van der Waals surface area contributed by atoms with Gasteiger partial charge in [-0.3, -0.25) is 0 Å². The minimum Gasteiger partial charge on any atom is -0.478 e. The maximum atomic E-state index is 11.0. The number of benzene rings is 1. The zero-order valence-corrected chi connectivity index (χ0v) is 11.1. The van der Waals surface area contributed by atoms with E-state index in [4.69, 9.17) is 10.8 Å². The van der Waals surface area contributed by atoms with Crippen LogP contribution in [0.4, 0.5) is 17.3 Å². The molecule has 0 amide bonds. The van der Waals surface area contributed by atoms with Crippen molar-refractivity contribution in [1.29, 1.82) is 0 Å². The molecule has 1 heterocycles. The van der Waals surface area contributed by atoms with E-state index >= 15 is 0 Å². The lowest BCUT2D eigenvalue weighted by Crippen LogP contribution is -2.05. The molecule has 0 saturated carbocycles. The number of carboxylic acid groups (broad SMARTS) is 1. The first-order chi connectivity index (χ1) is 10.1. The van der Waals surface area contributed by atoms with Crippen molar-refractivity contribution >= 4 is 29.5 Å². The second kappa shape index (κ2) is 6.33. The quantitative estimate of drug-likeness (QED) is 0.562. The number of nitrogens with two attached hydrogens (primary N) is 1. The van der Waals surface area contributed by atoms with Crippen LogP contribution in [-0.2, 0) is 4.84 Å². The van der Waals surface area contributed by atoms with Gasteiger partial charge in [-0.05, 0) is 18.2 Å². The molecule has 0 aliphatic carbocycles. The van der Waals surface area contributed by atoms with Gasteiger partial charge in [-0.15, -0.1) is 0 Å². The summed E-state index contributed by atoms with van der Waals surface area (Å²) in [5.74, 6) is -0.393. The Kier molecular flexibility index (Phi) is 4.30. The van der Waals surface area contributed by atoms with Crippen molar-refractivity contribution in [2.45, 2.75) is 0 Å². The highest BCUT2D eigenvalue weighted by Crippen LogP contribution is 2.21. The Bertz CT molecular complexity index is 687. The Morgan fingerprint density at radius 1 is 1.48 bits per heavy atom. The van der Waals surface area contributed by atoms with Crippen LogP contribution >= 0.6 is 0 Å². The normalized spacial score (nSPS) is 10.5. The van der Waals surface area contributed by atoms with Crippen LogP contribution in [0.1, 0.15) is 15.9 Å². The molecule has 0 saturated heterocycles. The second-order valence-corrected chi connectivity index (χ2v) is 3.95. The highest BCUT2D eigenvalue weighted by molar-refractivity contribution is 5.93. The Hall–Kier alpha value is -3.16. The molecule has 2 aromatic rings. The van der Waals surface area contributed by atoms with Gasteiger partial charge in [0.1, 0.15) is 25.1 Å². The Labute approximate surface area is 120 Å². The standard InChI is InChI=1S/C13H13N5O3/c1-21-17-6-10-11(14)15-7-16-12(10)18-9-4-2-3-8(5-9)13(19)20/h2-7H,1H3,(H,19,20)(H3,14,15,16,18)/b17-6+. The molecule has 0 aliphatic rings. The van der Waals surface area contributed by atoms with Gasteiger partial charge in [-0.25, -0.2) is 14.8 Å². The van der Waals surface area contributed by atoms with Gasteiger partial charge in [0.25, 0.3) is 0 Å². The summed E-state index contributed by atoms with van der Waals surface area (Å²) < 4.78 is 0. The van der Waals surface area contributed by atoms with Gasteiger partial charge in [0.05, 0.1) is 17.3 Å². The molecule has 0 spiro atoms. The third kappa shape index (κ3) is 3.44. The zero-order valence-electron chi connectivity index (χ0n) is 11.1. The zero-order chi connectivity index (χ0) is 15.2. The van der Waals surface area contributed by atoms with Gasteiger partial charge in [0, 0.05) is 5.69 Å². The summed E-state index contributed by atoms with van der Waals surface area (Å²) in [7, 11) is 1.40. The predicted molar refractivity (Wildman–Crippen MR) is 77.7 cm³/mol. The highest BCUT2D eigenvalue weighted by atomic mass is 16.6. The van der Waals surface area contributed by atoms with Crippen LogP contribution in [0, 0.1) is 0 Å². The van der Waals surface area contributed by atoms with Gasteiger partial charge in [0.2, 0.25) is 0 Å². The van der Waals surface area contributed by atoms with Crippen molar-refractivity contribution in [3.05, 3.63) is 41.7 Å². The molecule has 0 unspecified atom stereocenters. The monoisotopic (exact) mass is 287 g/mol. The predicted octanol–water partition coefficient (Wildman–Crippen LogP) is 1.48. The number of hydrogen-bond donors (Lipinski definition) is 3. The largest absolute Gasteiger partial charge is 0.478 e. The Balaban J connectivity index is 2.35. The SMILES string of the molecule is CO/N=C/c1c(N)ncnc1Nc1cccc(C(=O)O)c1. The number of anilines is 3. The summed E-state index contributed by atoms with van der Waals surface area (Å²) in [4.78, 5) is 23.5. The average molecular weight is 287 g/mol. The molecule has 0 aliphatic heterocycles. The van der Waals surface area contributed by atoms with Gasteiger partial charge in [-0.1, -0.05) is 11.2 Å². The van der Waals surface area contributed by atoms with Crippen LogP contribution in [0.5, 0.6) is 0 Å². The number of hydrogen-bond acceptors (Lipinski definition) is 7. The van der Waals surface area contributed by atoms with Gasteiger partial charge in [-0.2, -0.15) is 0 Å². The van der Waals surface area contributed by atoms with E-state index in [0.717, 1.165) is 0 Å². The first-order valence-corrected chi connectivity index (χ1v) is 5.89. The number of nitrogens with one attached hydrogen (secondary N) is 1.